The number of rotatable bonds is 5. The van der Waals surface area contributed by atoms with Crippen molar-refractivity contribution in [3.8, 4) is 11.8 Å². The van der Waals surface area contributed by atoms with E-state index in [1.165, 1.54) is 0 Å². The molecule has 20 heavy (non-hydrogen) atoms. The van der Waals surface area contributed by atoms with Gasteiger partial charge in [0.1, 0.15) is 24.1 Å². The monoisotopic (exact) mass is 331 g/mol. The van der Waals surface area contributed by atoms with Crippen LogP contribution in [-0.2, 0) is 13.2 Å². The molecule has 1 aromatic carbocycles. The summed E-state index contributed by atoms with van der Waals surface area (Å²) in [6.45, 7) is 1.04. The van der Waals surface area contributed by atoms with Crippen LogP contribution in [0.1, 0.15) is 16.8 Å². The Balaban J connectivity index is 2.17. The molecule has 0 atom stereocenters. The maximum Gasteiger partial charge on any atom is 0.147 e. The standard InChI is InChI=1S/C15H14BrN3O/c1-18-9-12-7-13(16)4-5-15(12)20-10-11-3-2-6-19-14(11)8-17/h2-7,18H,9-10H2,1H3. The van der Waals surface area contributed by atoms with Gasteiger partial charge >= 0.3 is 0 Å². The van der Waals surface area contributed by atoms with E-state index in [0.29, 0.717) is 18.8 Å². The Hall–Kier alpha value is -1.90. The summed E-state index contributed by atoms with van der Waals surface area (Å²) in [6, 6.07) is 11.6. The highest BCUT2D eigenvalue weighted by Gasteiger charge is 2.07. The SMILES string of the molecule is CNCc1cc(Br)ccc1OCc1cccnc1C#N. The minimum Gasteiger partial charge on any atom is -0.488 e. The number of nitriles is 1. The van der Waals surface area contributed by atoms with Gasteiger partial charge in [0.25, 0.3) is 0 Å². The van der Waals surface area contributed by atoms with Gasteiger partial charge in [0, 0.05) is 28.3 Å². The molecule has 0 aliphatic heterocycles. The summed E-state index contributed by atoms with van der Waals surface area (Å²) in [5, 5.41) is 12.1. The van der Waals surface area contributed by atoms with Crippen LogP contribution in [0.15, 0.2) is 41.0 Å². The molecule has 0 radical (unpaired) electrons. The summed E-state index contributed by atoms with van der Waals surface area (Å²) in [5.41, 5.74) is 2.25. The lowest BCUT2D eigenvalue weighted by Crippen LogP contribution is -2.08. The van der Waals surface area contributed by atoms with Gasteiger partial charge in [-0.05, 0) is 31.3 Å². The molecule has 0 saturated carbocycles. The average Bonchev–Trinajstić information content (AvgIpc) is 2.47. The van der Waals surface area contributed by atoms with E-state index < -0.39 is 0 Å². The molecule has 0 unspecified atom stereocenters. The quantitative estimate of drug-likeness (QED) is 0.914. The molecular formula is C15H14BrN3O. The van der Waals surface area contributed by atoms with Crippen molar-refractivity contribution in [3.63, 3.8) is 0 Å². The molecule has 5 heteroatoms. The van der Waals surface area contributed by atoms with Crippen LogP contribution in [0.2, 0.25) is 0 Å². The molecule has 1 N–H and O–H groups in total. The fourth-order valence-corrected chi connectivity index (χ4v) is 2.24. The Morgan fingerprint density at radius 1 is 1.35 bits per heavy atom. The maximum absolute atomic E-state index is 9.01. The predicted octanol–water partition coefficient (Wildman–Crippen LogP) is 3.01. The second kappa shape index (κ2) is 7.04. The van der Waals surface area contributed by atoms with Gasteiger partial charge in [-0.15, -0.1) is 0 Å². The minimum atomic E-state index is 0.328. The molecule has 1 heterocycles. The lowest BCUT2D eigenvalue weighted by atomic mass is 10.2. The van der Waals surface area contributed by atoms with Gasteiger partial charge in [0.2, 0.25) is 0 Å². The van der Waals surface area contributed by atoms with Crippen molar-refractivity contribution in [2.75, 3.05) is 7.05 Å². The van der Waals surface area contributed by atoms with Crippen molar-refractivity contribution in [2.45, 2.75) is 13.2 Å². The van der Waals surface area contributed by atoms with Gasteiger partial charge in [-0.3, -0.25) is 0 Å². The van der Waals surface area contributed by atoms with E-state index in [9.17, 15) is 0 Å². The Morgan fingerprint density at radius 2 is 2.20 bits per heavy atom. The first-order valence-electron chi connectivity index (χ1n) is 6.14. The zero-order chi connectivity index (χ0) is 14.4. The second-order valence-corrected chi connectivity index (χ2v) is 5.11. The first-order valence-corrected chi connectivity index (χ1v) is 6.93. The molecule has 1 aromatic heterocycles. The number of benzene rings is 1. The van der Waals surface area contributed by atoms with Crippen molar-refractivity contribution in [1.29, 1.82) is 5.26 Å². The number of nitrogens with zero attached hydrogens (tertiary/aromatic N) is 2. The van der Waals surface area contributed by atoms with Crippen LogP contribution in [0.4, 0.5) is 0 Å². The van der Waals surface area contributed by atoms with E-state index in [1.807, 2.05) is 31.3 Å². The third-order valence-corrected chi connectivity index (χ3v) is 3.26. The molecule has 0 bridgehead atoms. The fourth-order valence-electron chi connectivity index (χ4n) is 1.83. The lowest BCUT2D eigenvalue weighted by Gasteiger charge is -2.12. The molecular weight excluding hydrogens is 318 g/mol. The molecule has 0 saturated heterocycles. The normalized spacial score (nSPS) is 10.1. The molecule has 0 amide bonds. The highest BCUT2D eigenvalue weighted by Crippen LogP contribution is 2.24. The Labute approximate surface area is 126 Å². The van der Waals surface area contributed by atoms with Crippen molar-refractivity contribution in [2.24, 2.45) is 0 Å². The summed E-state index contributed by atoms with van der Waals surface area (Å²) in [4.78, 5) is 4.02. The molecule has 0 aliphatic carbocycles. The Kier molecular flexibility index (Phi) is 5.10. The molecule has 4 nitrogen and oxygen atoms in total. The van der Waals surface area contributed by atoms with Gasteiger partial charge in [-0.25, -0.2) is 4.98 Å². The van der Waals surface area contributed by atoms with E-state index in [4.69, 9.17) is 10.00 Å². The zero-order valence-corrected chi connectivity index (χ0v) is 12.6. The minimum absolute atomic E-state index is 0.328. The highest BCUT2D eigenvalue weighted by molar-refractivity contribution is 9.10. The molecule has 0 fully saturated rings. The summed E-state index contributed by atoms with van der Waals surface area (Å²) in [6.07, 6.45) is 1.61. The first-order chi connectivity index (χ1) is 9.74. The van der Waals surface area contributed by atoms with Gasteiger partial charge < -0.3 is 10.1 Å². The van der Waals surface area contributed by atoms with Crippen LogP contribution in [0.25, 0.3) is 0 Å². The molecule has 102 valence electrons. The van der Waals surface area contributed by atoms with Gasteiger partial charge in [-0.2, -0.15) is 5.26 Å². The topological polar surface area (TPSA) is 57.9 Å². The van der Waals surface area contributed by atoms with Crippen LogP contribution in [-0.4, -0.2) is 12.0 Å². The number of hydrogen-bond donors (Lipinski definition) is 1. The van der Waals surface area contributed by atoms with Crippen molar-refractivity contribution in [1.82, 2.24) is 10.3 Å². The molecule has 0 spiro atoms. The molecule has 2 aromatic rings. The average molecular weight is 332 g/mol. The maximum atomic E-state index is 9.01. The first kappa shape index (κ1) is 14.5. The van der Waals surface area contributed by atoms with E-state index in [0.717, 1.165) is 21.3 Å². The van der Waals surface area contributed by atoms with Crippen molar-refractivity contribution in [3.05, 3.63) is 57.8 Å². The molecule has 0 aliphatic rings. The lowest BCUT2D eigenvalue weighted by molar-refractivity contribution is 0.301. The van der Waals surface area contributed by atoms with Gasteiger partial charge in [0.05, 0.1) is 0 Å². The summed E-state index contributed by atoms with van der Waals surface area (Å²) in [7, 11) is 1.89. The number of aromatic nitrogens is 1. The third kappa shape index (κ3) is 3.56. The van der Waals surface area contributed by atoms with Crippen molar-refractivity contribution >= 4 is 15.9 Å². The van der Waals surface area contributed by atoms with E-state index >= 15 is 0 Å². The van der Waals surface area contributed by atoms with Crippen LogP contribution in [0.5, 0.6) is 5.75 Å². The van der Waals surface area contributed by atoms with Gasteiger partial charge in [-0.1, -0.05) is 22.0 Å². The number of hydrogen-bond acceptors (Lipinski definition) is 4. The zero-order valence-electron chi connectivity index (χ0n) is 11.1. The van der Waals surface area contributed by atoms with Crippen molar-refractivity contribution < 1.29 is 4.74 Å². The third-order valence-electron chi connectivity index (χ3n) is 2.77. The Morgan fingerprint density at radius 3 is 2.95 bits per heavy atom. The number of halogens is 1. The number of ether oxygens (including phenoxy) is 1. The van der Waals surface area contributed by atoms with Crippen LogP contribution in [0.3, 0.4) is 0 Å². The van der Waals surface area contributed by atoms with Crippen LogP contribution < -0.4 is 10.1 Å². The van der Waals surface area contributed by atoms with E-state index in [-0.39, 0.29) is 0 Å². The summed E-state index contributed by atoms with van der Waals surface area (Å²) < 4.78 is 6.83. The number of pyridine rings is 1. The van der Waals surface area contributed by atoms with E-state index in [2.05, 4.69) is 32.3 Å². The van der Waals surface area contributed by atoms with E-state index in [1.54, 1.807) is 12.3 Å². The van der Waals surface area contributed by atoms with Gasteiger partial charge in [0.15, 0.2) is 0 Å². The second-order valence-electron chi connectivity index (χ2n) is 4.19. The van der Waals surface area contributed by atoms with Crippen LogP contribution >= 0.6 is 15.9 Å². The Bertz CT molecular complexity index is 637. The number of nitrogens with one attached hydrogen (secondary N) is 1. The predicted molar refractivity (Wildman–Crippen MR) is 80.2 cm³/mol. The summed E-state index contributed by atoms with van der Waals surface area (Å²) in [5.74, 6) is 0.801. The smallest absolute Gasteiger partial charge is 0.147 e. The van der Waals surface area contributed by atoms with Crippen LogP contribution in [0, 0.1) is 11.3 Å². The summed E-state index contributed by atoms with van der Waals surface area (Å²) >= 11 is 3.45. The highest BCUT2D eigenvalue weighted by atomic mass is 79.9. The molecule has 2 rings (SSSR count). The largest absolute Gasteiger partial charge is 0.488 e. The fraction of sp³-hybridized carbons (Fsp3) is 0.200.